The lowest BCUT2D eigenvalue weighted by Gasteiger charge is -2.20. The van der Waals surface area contributed by atoms with Crippen molar-refractivity contribution in [3.8, 4) is 0 Å². The van der Waals surface area contributed by atoms with Crippen molar-refractivity contribution in [2.75, 3.05) is 12.4 Å². The molecule has 1 heterocycles. The summed E-state index contributed by atoms with van der Waals surface area (Å²) in [7, 11) is 1.70. The van der Waals surface area contributed by atoms with Gasteiger partial charge >= 0.3 is 6.03 Å². The number of hydrogen-bond acceptors (Lipinski definition) is 4. The van der Waals surface area contributed by atoms with Gasteiger partial charge in [0.25, 0.3) is 0 Å². The smallest absolute Gasteiger partial charge is 0.324 e. The van der Waals surface area contributed by atoms with E-state index in [0.29, 0.717) is 0 Å². The van der Waals surface area contributed by atoms with Gasteiger partial charge < -0.3 is 4.90 Å². The van der Waals surface area contributed by atoms with Gasteiger partial charge in [-0.1, -0.05) is 5.10 Å². The van der Waals surface area contributed by atoms with Gasteiger partial charge in [0.05, 0.1) is 0 Å². The number of tetrazole rings is 1. The van der Waals surface area contributed by atoms with Gasteiger partial charge in [0, 0.05) is 13.1 Å². The van der Waals surface area contributed by atoms with Crippen LogP contribution in [0.25, 0.3) is 0 Å². The van der Waals surface area contributed by atoms with E-state index >= 15 is 0 Å². The molecule has 0 radical (unpaired) electrons. The van der Waals surface area contributed by atoms with E-state index < -0.39 is 0 Å². The van der Waals surface area contributed by atoms with Crippen molar-refractivity contribution in [3.63, 3.8) is 0 Å². The van der Waals surface area contributed by atoms with Crippen molar-refractivity contribution in [2.24, 2.45) is 0 Å². The Kier molecular flexibility index (Phi) is 2.78. The van der Waals surface area contributed by atoms with Gasteiger partial charge in [-0.3, -0.25) is 5.32 Å². The van der Waals surface area contributed by atoms with Crippen molar-refractivity contribution < 1.29 is 4.79 Å². The molecule has 1 rings (SSSR count). The minimum atomic E-state index is -0.242. The van der Waals surface area contributed by atoms with Crippen molar-refractivity contribution in [1.29, 1.82) is 0 Å². The summed E-state index contributed by atoms with van der Waals surface area (Å²) >= 11 is 0. The van der Waals surface area contributed by atoms with Crippen molar-refractivity contribution in [3.05, 3.63) is 0 Å². The number of rotatable bonds is 2. The number of nitrogens with one attached hydrogen (secondary N) is 2. The minimum Gasteiger partial charge on any atom is -0.325 e. The molecular weight excluding hydrogens is 172 g/mol. The van der Waals surface area contributed by atoms with E-state index in [1.165, 1.54) is 0 Å². The van der Waals surface area contributed by atoms with E-state index in [0.717, 1.165) is 0 Å². The molecular formula is C6H12N6O. The lowest BCUT2D eigenvalue weighted by atomic mass is 10.4. The molecule has 0 aliphatic heterocycles. The average Bonchev–Trinajstić information content (AvgIpc) is 2.55. The van der Waals surface area contributed by atoms with Gasteiger partial charge in [-0.15, -0.1) is 0 Å². The van der Waals surface area contributed by atoms with Gasteiger partial charge in [-0.05, 0) is 24.3 Å². The molecule has 2 amide bonds. The van der Waals surface area contributed by atoms with Crippen LogP contribution in [-0.2, 0) is 0 Å². The number of H-pyrrole nitrogens is 1. The third-order valence-corrected chi connectivity index (χ3v) is 1.67. The summed E-state index contributed by atoms with van der Waals surface area (Å²) < 4.78 is 0. The first-order valence-corrected chi connectivity index (χ1v) is 3.89. The fourth-order valence-electron chi connectivity index (χ4n) is 0.636. The topological polar surface area (TPSA) is 86.8 Å². The van der Waals surface area contributed by atoms with Crippen LogP contribution in [0.3, 0.4) is 0 Å². The zero-order valence-electron chi connectivity index (χ0n) is 7.77. The summed E-state index contributed by atoms with van der Waals surface area (Å²) in [5.74, 6) is 0.248. The normalized spacial score (nSPS) is 10.2. The Balaban J connectivity index is 2.51. The van der Waals surface area contributed by atoms with Gasteiger partial charge in [0.2, 0.25) is 5.95 Å². The Hall–Kier alpha value is -1.66. The molecule has 2 N–H and O–H groups in total. The highest BCUT2D eigenvalue weighted by Crippen LogP contribution is 1.98. The second-order valence-corrected chi connectivity index (χ2v) is 2.88. The molecule has 0 aliphatic carbocycles. The number of nitrogens with zero attached hydrogens (tertiary/aromatic N) is 4. The highest BCUT2D eigenvalue weighted by molar-refractivity contribution is 5.87. The summed E-state index contributed by atoms with van der Waals surface area (Å²) in [6, 6.07) is -0.107. The summed E-state index contributed by atoms with van der Waals surface area (Å²) in [5, 5.41) is 15.1. The molecule has 1 aromatic heterocycles. The molecule has 0 fully saturated rings. The third-order valence-electron chi connectivity index (χ3n) is 1.67. The summed E-state index contributed by atoms with van der Waals surface area (Å²) in [6.45, 7) is 3.83. The summed E-state index contributed by atoms with van der Waals surface area (Å²) in [5.41, 5.74) is 0. The second kappa shape index (κ2) is 3.83. The average molecular weight is 184 g/mol. The molecule has 0 saturated carbocycles. The van der Waals surface area contributed by atoms with Crippen molar-refractivity contribution >= 4 is 12.0 Å². The van der Waals surface area contributed by atoms with E-state index in [2.05, 4.69) is 25.9 Å². The molecule has 0 aromatic carbocycles. The van der Waals surface area contributed by atoms with Gasteiger partial charge in [-0.25, -0.2) is 9.89 Å². The summed E-state index contributed by atoms with van der Waals surface area (Å²) in [6.07, 6.45) is 0. The van der Waals surface area contributed by atoms with Gasteiger partial charge in [0.15, 0.2) is 0 Å². The molecule has 1 aromatic rings. The Bertz CT molecular complexity index is 269. The third kappa shape index (κ3) is 2.39. The van der Waals surface area contributed by atoms with Crippen molar-refractivity contribution in [2.45, 2.75) is 19.9 Å². The van der Waals surface area contributed by atoms with Crippen LogP contribution in [0.4, 0.5) is 10.7 Å². The standard InChI is InChI=1S/C6H12N6O/c1-4(2)12(3)6(13)7-5-8-10-11-9-5/h4H,1-3H3,(H2,7,8,9,10,11,13). The fraction of sp³-hybridized carbons (Fsp3) is 0.667. The van der Waals surface area contributed by atoms with Gasteiger partial charge in [0.1, 0.15) is 0 Å². The lowest BCUT2D eigenvalue weighted by Crippen LogP contribution is -2.36. The Morgan fingerprint density at radius 3 is 2.77 bits per heavy atom. The molecule has 0 saturated heterocycles. The van der Waals surface area contributed by atoms with Crippen LogP contribution < -0.4 is 5.32 Å². The van der Waals surface area contributed by atoms with Crippen LogP contribution in [0.2, 0.25) is 0 Å². The van der Waals surface area contributed by atoms with Crippen LogP contribution in [0.5, 0.6) is 0 Å². The number of urea groups is 1. The predicted octanol–water partition coefficient (Wildman–Crippen LogP) is 0.0718. The highest BCUT2D eigenvalue weighted by Gasteiger charge is 2.12. The minimum absolute atomic E-state index is 0.135. The Morgan fingerprint density at radius 2 is 2.31 bits per heavy atom. The Labute approximate surface area is 75.5 Å². The maximum atomic E-state index is 11.4. The lowest BCUT2D eigenvalue weighted by molar-refractivity contribution is 0.211. The monoisotopic (exact) mass is 184 g/mol. The molecule has 13 heavy (non-hydrogen) atoms. The van der Waals surface area contributed by atoms with E-state index in [9.17, 15) is 4.79 Å². The van der Waals surface area contributed by atoms with Crippen LogP contribution in [0.1, 0.15) is 13.8 Å². The van der Waals surface area contributed by atoms with E-state index in [4.69, 9.17) is 0 Å². The number of carbonyl (C=O) groups excluding carboxylic acids is 1. The first kappa shape index (κ1) is 9.43. The second-order valence-electron chi connectivity index (χ2n) is 2.88. The number of aromatic nitrogens is 4. The fourth-order valence-corrected chi connectivity index (χ4v) is 0.636. The number of aromatic amines is 1. The molecule has 7 nitrogen and oxygen atoms in total. The number of anilines is 1. The largest absolute Gasteiger partial charge is 0.325 e. The van der Waals surface area contributed by atoms with Crippen LogP contribution in [0, 0.1) is 0 Å². The number of amides is 2. The maximum absolute atomic E-state index is 11.4. The van der Waals surface area contributed by atoms with Crippen molar-refractivity contribution in [1.82, 2.24) is 25.5 Å². The maximum Gasteiger partial charge on any atom is 0.324 e. The predicted molar refractivity (Wildman–Crippen MR) is 46.1 cm³/mol. The van der Waals surface area contributed by atoms with Crippen LogP contribution in [0.15, 0.2) is 0 Å². The summed E-state index contributed by atoms with van der Waals surface area (Å²) in [4.78, 5) is 12.9. The molecule has 0 unspecified atom stereocenters. The van der Waals surface area contributed by atoms with E-state index in [1.807, 2.05) is 13.8 Å². The Morgan fingerprint density at radius 1 is 1.62 bits per heavy atom. The van der Waals surface area contributed by atoms with E-state index in [-0.39, 0.29) is 18.0 Å². The van der Waals surface area contributed by atoms with E-state index in [1.54, 1.807) is 11.9 Å². The number of carbonyl (C=O) groups is 1. The quantitative estimate of drug-likeness (QED) is 0.681. The van der Waals surface area contributed by atoms with Crippen LogP contribution >= 0.6 is 0 Å². The molecule has 0 aliphatic rings. The molecule has 0 spiro atoms. The SMILES string of the molecule is CC(C)N(C)C(=O)Nc1nnn[nH]1. The first-order chi connectivity index (χ1) is 6.11. The van der Waals surface area contributed by atoms with Gasteiger partial charge in [-0.2, -0.15) is 0 Å². The zero-order chi connectivity index (χ0) is 9.84. The zero-order valence-corrected chi connectivity index (χ0v) is 7.77. The molecule has 7 heteroatoms. The number of hydrogen-bond donors (Lipinski definition) is 2. The first-order valence-electron chi connectivity index (χ1n) is 3.89. The molecule has 0 bridgehead atoms. The molecule has 0 atom stereocenters. The molecule has 72 valence electrons. The van der Waals surface area contributed by atoms with Crippen LogP contribution in [-0.4, -0.2) is 44.6 Å². The highest BCUT2D eigenvalue weighted by atomic mass is 16.2.